The molecule has 0 amide bonds. The van der Waals surface area contributed by atoms with Gasteiger partial charge in [0.25, 0.3) is 0 Å². The second kappa shape index (κ2) is 32.4. The van der Waals surface area contributed by atoms with Crippen molar-refractivity contribution in [2.24, 2.45) is 5.41 Å². The van der Waals surface area contributed by atoms with Gasteiger partial charge in [0.15, 0.2) is 0 Å². The summed E-state index contributed by atoms with van der Waals surface area (Å²) in [5.41, 5.74) is 20.1. The van der Waals surface area contributed by atoms with E-state index in [1.54, 1.807) is 0 Å². The van der Waals surface area contributed by atoms with Crippen molar-refractivity contribution >= 4 is 47.4 Å². The number of aryl methyl sites for hydroxylation is 1. The molecule has 592 valence electrons. The van der Waals surface area contributed by atoms with E-state index in [0.29, 0.717) is 33.0 Å². The molecule has 9 aromatic carbocycles. The highest BCUT2D eigenvalue weighted by atomic mass is 31.2. The van der Waals surface area contributed by atoms with Gasteiger partial charge in [0, 0.05) is 54.7 Å². The highest BCUT2D eigenvalue weighted by Gasteiger charge is 2.46. The lowest BCUT2D eigenvalue weighted by atomic mass is 9.73. The van der Waals surface area contributed by atoms with E-state index in [0.717, 1.165) is 57.4 Å². The van der Waals surface area contributed by atoms with Crippen LogP contribution in [0.5, 0.6) is 11.5 Å². The Labute approximate surface area is 670 Å². The molecule has 2 aliphatic heterocycles. The topological polar surface area (TPSA) is 90.9 Å². The lowest BCUT2D eigenvalue weighted by molar-refractivity contribution is -0.0673. The first-order chi connectivity index (χ1) is 51.7. The van der Waals surface area contributed by atoms with E-state index in [2.05, 4.69) is 381 Å². The summed E-state index contributed by atoms with van der Waals surface area (Å²) in [6.07, 6.45) is 1.82. The first kappa shape index (κ1) is 85.0. The maximum Gasteiger partial charge on any atom is 0.397 e. The average molecular weight is 1550 g/mol. The Bertz CT molecular complexity index is 4600. The summed E-state index contributed by atoms with van der Waals surface area (Å²) in [7, 11) is -5.05. The molecule has 0 saturated carbocycles. The predicted molar refractivity (Wildman–Crippen MR) is 468 cm³/mol. The summed E-state index contributed by atoms with van der Waals surface area (Å²) in [6, 6.07) is 69.8. The molecule has 2 fully saturated rings. The van der Waals surface area contributed by atoms with Crippen molar-refractivity contribution in [2.45, 2.75) is 254 Å². The molecule has 0 aliphatic carbocycles. The van der Waals surface area contributed by atoms with Gasteiger partial charge in [0.2, 0.25) is 0 Å². The summed E-state index contributed by atoms with van der Waals surface area (Å²) in [6.45, 7) is 63.8. The third-order valence-electron chi connectivity index (χ3n) is 23.0. The van der Waals surface area contributed by atoms with Gasteiger partial charge in [-0.3, -0.25) is 4.52 Å². The van der Waals surface area contributed by atoms with E-state index in [1.807, 2.05) is 0 Å². The molecule has 1 aromatic heterocycles. The van der Waals surface area contributed by atoms with Crippen molar-refractivity contribution in [3.05, 3.63) is 283 Å². The van der Waals surface area contributed by atoms with Gasteiger partial charge >= 0.3 is 25.4 Å². The van der Waals surface area contributed by atoms with Crippen molar-refractivity contribution < 1.29 is 40.1 Å². The molecule has 2 aliphatic rings. The fourth-order valence-electron chi connectivity index (χ4n) is 15.3. The molecule has 0 bridgehead atoms. The number of hydrogen-bond acceptors (Lipinski definition) is 9. The molecule has 9 nitrogen and oxygen atoms in total. The Morgan fingerprint density at radius 3 is 0.928 bits per heavy atom. The Balaban J connectivity index is 0.000000225. The average Bonchev–Trinajstić information content (AvgIpc) is 1.64. The van der Waals surface area contributed by atoms with E-state index in [-0.39, 0.29) is 54.1 Å². The molecule has 12 heteroatoms. The molecule has 0 atom stereocenters. The van der Waals surface area contributed by atoms with Crippen LogP contribution < -0.4 is 13.6 Å². The molecule has 0 radical (unpaired) electrons. The van der Waals surface area contributed by atoms with Crippen LogP contribution in [0.4, 0.5) is 0 Å². The molecule has 0 N–H and O–H groups in total. The molecular formula is C99H127O9P3. The van der Waals surface area contributed by atoms with Gasteiger partial charge in [-0.05, 0) is 143 Å². The molecule has 111 heavy (non-hydrogen) atoms. The molecule has 0 unspecified atom stereocenters. The van der Waals surface area contributed by atoms with Crippen molar-refractivity contribution in [2.75, 3.05) is 33.0 Å². The zero-order valence-corrected chi connectivity index (χ0v) is 74.6. The van der Waals surface area contributed by atoms with Gasteiger partial charge in [-0.15, -0.1) is 0 Å². The normalized spacial score (nSPS) is 17.2. The van der Waals surface area contributed by atoms with Crippen LogP contribution in [0.15, 0.2) is 203 Å². The van der Waals surface area contributed by atoms with Gasteiger partial charge in [-0.25, -0.2) is 0 Å². The van der Waals surface area contributed by atoms with Crippen LogP contribution in [0.25, 0.3) is 21.9 Å². The molecule has 10 aromatic rings. The van der Waals surface area contributed by atoms with Crippen LogP contribution >= 0.6 is 25.4 Å². The third kappa shape index (κ3) is 19.2. The van der Waals surface area contributed by atoms with E-state index < -0.39 is 30.9 Å². The Morgan fingerprint density at radius 1 is 0.315 bits per heavy atom. The molecular weight excluding hydrogens is 1430 g/mol. The van der Waals surface area contributed by atoms with Crippen molar-refractivity contribution in [1.29, 1.82) is 0 Å². The largest absolute Gasteiger partial charge is 0.426 e. The van der Waals surface area contributed by atoms with Crippen molar-refractivity contribution in [1.82, 2.24) is 0 Å². The lowest BCUT2D eigenvalue weighted by Gasteiger charge is -2.41. The first-order valence-corrected chi connectivity index (χ1v) is 43.3. The maximum atomic E-state index is 6.97. The molecule has 2 saturated heterocycles. The van der Waals surface area contributed by atoms with Crippen LogP contribution in [0.2, 0.25) is 0 Å². The van der Waals surface area contributed by atoms with Gasteiger partial charge in [-0.1, -0.05) is 350 Å². The third-order valence-corrected chi connectivity index (χ3v) is 26.1. The minimum Gasteiger partial charge on any atom is -0.426 e. The summed E-state index contributed by atoms with van der Waals surface area (Å²) < 4.78 is 59.5. The SMILES string of the molecule is CC(C)(c1ccccc1)c1ccc(OP2OCC3(CO2)COP(Oc2ccc(C(C)(C)c4ccccc4)cc2C(C)(C)c2ccccc2)OC3)c(C(C)(C)c2ccccc2)c1.Cc1c(C(C)(C)C)cc(CCCOp2oc3c(C(C)(C)C)cc(C(C)(C)C)cc3c3cc(C(C)(C)C)cc(C(C)(C)C)c3o2)cc1C(C)(C)C. The molecule has 3 heterocycles. The zero-order chi connectivity index (χ0) is 80.9. The van der Waals surface area contributed by atoms with Gasteiger partial charge in [0.1, 0.15) is 22.7 Å². The predicted octanol–water partition coefficient (Wildman–Crippen LogP) is 28.4. The van der Waals surface area contributed by atoms with E-state index >= 15 is 0 Å². The Hall–Kier alpha value is -6.86. The minimum atomic E-state index is -1.71. The van der Waals surface area contributed by atoms with Gasteiger partial charge in [-0.2, -0.15) is 0 Å². The van der Waals surface area contributed by atoms with Crippen LogP contribution in [0, 0.1) is 12.3 Å². The molecule has 1 spiro atoms. The van der Waals surface area contributed by atoms with Crippen molar-refractivity contribution in [3.8, 4) is 11.5 Å². The number of hydrogen-bond donors (Lipinski definition) is 0. The highest BCUT2D eigenvalue weighted by molar-refractivity contribution is 7.42. The van der Waals surface area contributed by atoms with Crippen LogP contribution in [0.3, 0.4) is 0 Å². The lowest BCUT2D eigenvalue weighted by Crippen LogP contribution is -2.45. The molecule has 12 rings (SSSR count). The van der Waals surface area contributed by atoms with Crippen molar-refractivity contribution in [3.63, 3.8) is 0 Å². The monoisotopic (exact) mass is 1550 g/mol. The van der Waals surface area contributed by atoms with Crippen LogP contribution in [-0.4, -0.2) is 33.0 Å². The Morgan fingerprint density at radius 2 is 0.622 bits per heavy atom. The first-order valence-electron chi connectivity index (χ1n) is 40.0. The summed E-state index contributed by atoms with van der Waals surface area (Å²) in [5, 5.41) is 2.21. The van der Waals surface area contributed by atoms with Gasteiger partial charge < -0.3 is 35.5 Å². The maximum absolute atomic E-state index is 6.97. The standard InChI is InChI=1S/C53H58O6P2.C46H69O3P/c1-49(2,39-21-13-9-14-22-39)43-29-31-47(45(33-43)51(5,6)41-25-17-11-18-26-41)58-60-54-35-53(36-55-60)37-56-61(57-38-53)59-48-32-30-44(50(3,4)40-23-15-10-16-24-40)34-46(48)52(7,8)42-27-19-12-20-28-42;1-29-35(43(8,9)10)23-30(24-36(29)44(11,12)13)21-20-22-47-50-48-39-33(25-31(41(2,3)4)27-37(39)45(14,15)16)34-26-32(42(5,6)7)28-38(40(34)49-50)46(17,18)19/h9-34H,35-38H2,1-8H3;23-28H,20-22H2,1-19H3. The zero-order valence-electron chi connectivity index (χ0n) is 71.9. The second-order valence-electron chi connectivity index (χ2n) is 39.6. The van der Waals surface area contributed by atoms with E-state index in [1.165, 1.54) is 77.9 Å². The quantitative estimate of drug-likeness (QED) is 0.0653. The van der Waals surface area contributed by atoms with E-state index in [9.17, 15) is 0 Å². The fourth-order valence-corrected chi connectivity index (χ4v) is 19.0. The number of benzene rings is 9. The summed E-state index contributed by atoms with van der Waals surface area (Å²) in [5.74, 6) is 1.51. The van der Waals surface area contributed by atoms with Crippen LogP contribution in [-0.2, 0) is 78.7 Å². The van der Waals surface area contributed by atoms with Crippen LogP contribution in [0.1, 0.15) is 275 Å². The number of fused-ring (bicyclic) bond motifs is 3. The summed E-state index contributed by atoms with van der Waals surface area (Å²) >= 11 is 0. The fraction of sp³-hybridized carbons (Fsp3) is 0.455. The smallest absolute Gasteiger partial charge is 0.397 e. The Kier molecular flexibility index (Phi) is 24.8. The summed E-state index contributed by atoms with van der Waals surface area (Å²) in [4.78, 5) is 0. The highest BCUT2D eigenvalue weighted by Crippen LogP contribution is 2.57. The number of rotatable bonds is 17. The second-order valence-corrected chi connectivity index (χ2v) is 42.9. The minimum absolute atomic E-state index is 0.0340. The van der Waals surface area contributed by atoms with E-state index in [4.69, 9.17) is 40.1 Å². The van der Waals surface area contributed by atoms with Gasteiger partial charge in [0.05, 0.1) is 38.4 Å².